The van der Waals surface area contributed by atoms with Crippen LogP contribution < -0.4 is 4.74 Å². The third-order valence-corrected chi connectivity index (χ3v) is 4.57. The van der Waals surface area contributed by atoms with E-state index in [4.69, 9.17) is 4.74 Å². The molecule has 0 aliphatic carbocycles. The summed E-state index contributed by atoms with van der Waals surface area (Å²) in [5, 5.41) is 0.309. The summed E-state index contributed by atoms with van der Waals surface area (Å²) in [5.41, 5.74) is 2.42. The van der Waals surface area contributed by atoms with Gasteiger partial charge in [-0.05, 0) is 26.2 Å². The van der Waals surface area contributed by atoms with Crippen LogP contribution in [0, 0.1) is 0 Å². The number of fused-ring (bicyclic) bond motifs is 2. The van der Waals surface area contributed by atoms with Crippen LogP contribution in [-0.4, -0.2) is 36.3 Å². The summed E-state index contributed by atoms with van der Waals surface area (Å²) in [5.74, 6) is 2.76. The van der Waals surface area contributed by atoms with E-state index in [1.54, 1.807) is 6.20 Å². The molecule has 0 radical (unpaired) electrons. The molecule has 3 rings (SSSR count). The standard InChI is InChI=1S/C16H18N2OS/c1-18(2)10-11-20-15-12-6-3-4-8-14(12)19-16-13(15)7-5-9-17-16/h3-9,15H,10-11H2,1-2H3. The lowest BCUT2D eigenvalue weighted by Crippen LogP contribution is -2.16. The highest BCUT2D eigenvalue weighted by Gasteiger charge is 2.27. The molecule has 0 saturated carbocycles. The topological polar surface area (TPSA) is 25.4 Å². The van der Waals surface area contributed by atoms with Gasteiger partial charge in [-0.2, -0.15) is 0 Å². The van der Waals surface area contributed by atoms with E-state index in [1.165, 1.54) is 11.1 Å². The van der Waals surface area contributed by atoms with E-state index < -0.39 is 0 Å². The number of aromatic nitrogens is 1. The zero-order chi connectivity index (χ0) is 13.9. The zero-order valence-corrected chi connectivity index (χ0v) is 12.6. The van der Waals surface area contributed by atoms with Gasteiger partial charge in [-0.1, -0.05) is 24.3 Å². The van der Waals surface area contributed by atoms with E-state index in [0.29, 0.717) is 5.25 Å². The Morgan fingerprint density at radius 2 is 1.95 bits per heavy atom. The molecule has 104 valence electrons. The Bertz CT molecular complexity index is 555. The number of benzene rings is 1. The highest BCUT2D eigenvalue weighted by atomic mass is 32.2. The normalized spacial score (nSPS) is 16.4. The molecule has 0 fully saturated rings. The minimum Gasteiger partial charge on any atom is -0.438 e. The number of ether oxygens (including phenoxy) is 1. The summed E-state index contributed by atoms with van der Waals surface area (Å²) in [6.07, 6.45) is 1.79. The molecule has 0 N–H and O–H groups in total. The van der Waals surface area contributed by atoms with Gasteiger partial charge in [0.15, 0.2) is 0 Å². The molecule has 2 aromatic rings. The average molecular weight is 286 g/mol. The van der Waals surface area contributed by atoms with E-state index in [1.807, 2.05) is 30.0 Å². The highest BCUT2D eigenvalue weighted by molar-refractivity contribution is 7.99. The van der Waals surface area contributed by atoms with Crippen LogP contribution in [0.5, 0.6) is 11.6 Å². The van der Waals surface area contributed by atoms with Crippen molar-refractivity contribution in [2.45, 2.75) is 5.25 Å². The Balaban J connectivity index is 1.91. The number of nitrogens with zero attached hydrogens (tertiary/aromatic N) is 2. The van der Waals surface area contributed by atoms with E-state index in [-0.39, 0.29) is 0 Å². The molecule has 20 heavy (non-hydrogen) atoms. The Morgan fingerprint density at radius 1 is 1.15 bits per heavy atom. The predicted octanol–water partition coefficient (Wildman–Crippen LogP) is 3.57. The first-order valence-electron chi connectivity index (χ1n) is 6.74. The van der Waals surface area contributed by atoms with E-state index in [0.717, 1.165) is 23.9 Å². The fourth-order valence-corrected chi connectivity index (χ4v) is 3.72. The number of hydrogen-bond acceptors (Lipinski definition) is 4. The lowest BCUT2D eigenvalue weighted by molar-refractivity contribution is 0.434. The van der Waals surface area contributed by atoms with Gasteiger partial charge in [0.1, 0.15) is 5.75 Å². The molecule has 0 bridgehead atoms. The lowest BCUT2D eigenvalue weighted by atomic mass is 10.0. The smallest absolute Gasteiger partial charge is 0.223 e. The van der Waals surface area contributed by atoms with Crippen molar-refractivity contribution in [1.29, 1.82) is 0 Å². The van der Waals surface area contributed by atoms with Crippen LogP contribution in [0.25, 0.3) is 0 Å². The van der Waals surface area contributed by atoms with E-state index in [2.05, 4.69) is 42.2 Å². The number of hydrogen-bond donors (Lipinski definition) is 0. The molecule has 1 aliphatic heterocycles. The SMILES string of the molecule is CN(C)CCSC1c2ccccc2Oc2ncccc21. The van der Waals surface area contributed by atoms with Crippen LogP contribution in [0.1, 0.15) is 16.4 Å². The fourth-order valence-electron chi connectivity index (χ4n) is 2.28. The second-order valence-electron chi connectivity index (χ2n) is 5.09. The maximum absolute atomic E-state index is 5.90. The molecule has 1 unspecified atom stereocenters. The van der Waals surface area contributed by atoms with Crippen molar-refractivity contribution in [3.63, 3.8) is 0 Å². The number of rotatable bonds is 4. The molecule has 1 aliphatic rings. The quantitative estimate of drug-likeness (QED) is 0.858. The Morgan fingerprint density at radius 3 is 2.80 bits per heavy atom. The Labute approximate surface area is 124 Å². The van der Waals surface area contributed by atoms with Gasteiger partial charge in [-0.3, -0.25) is 0 Å². The number of thioether (sulfide) groups is 1. The summed E-state index contributed by atoms with van der Waals surface area (Å²) < 4.78 is 5.90. The van der Waals surface area contributed by atoms with Gasteiger partial charge in [-0.15, -0.1) is 11.8 Å². The fraction of sp³-hybridized carbons (Fsp3) is 0.312. The molecule has 1 aromatic carbocycles. The third kappa shape index (κ3) is 2.67. The van der Waals surface area contributed by atoms with Gasteiger partial charge in [0, 0.05) is 29.6 Å². The largest absolute Gasteiger partial charge is 0.438 e. The van der Waals surface area contributed by atoms with Crippen LogP contribution in [0.15, 0.2) is 42.6 Å². The van der Waals surface area contributed by atoms with Crippen molar-refractivity contribution < 1.29 is 4.74 Å². The minimum absolute atomic E-state index is 0.309. The summed E-state index contributed by atoms with van der Waals surface area (Å²) >= 11 is 1.95. The van der Waals surface area contributed by atoms with Crippen molar-refractivity contribution in [3.05, 3.63) is 53.7 Å². The van der Waals surface area contributed by atoms with Gasteiger partial charge >= 0.3 is 0 Å². The molecular weight excluding hydrogens is 268 g/mol. The van der Waals surface area contributed by atoms with Gasteiger partial charge in [-0.25, -0.2) is 4.98 Å². The first kappa shape index (κ1) is 13.5. The summed E-state index contributed by atoms with van der Waals surface area (Å²) in [6, 6.07) is 12.4. The van der Waals surface area contributed by atoms with Crippen LogP contribution in [0.4, 0.5) is 0 Å². The highest BCUT2D eigenvalue weighted by Crippen LogP contribution is 2.48. The second-order valence-corrected chi connectivity index (χ2v) is 6.30. The molecule has 1 aromatic heterocycles. The van der Waals surface area contributed by atoms with Gasteiger partial charge in [0.2, 0.25) is 5.88 Å². The van der Waals surface area contributed by atoms with E-state index >= 15 is 0 Å². The first-order valence-corrected chi connectivity index (χ1v) is 7.78. The minimum atomic E-state index is 0.309. The van der Waals surface area contributed by atoms with Gasteiger partial charge in [0.25, 0.3) is 0 Å². The lowest BCUT2D eigenvalue weighted by Gasteiger charge is -2.27. The third-order valence-electron chi connectivity index (χ3n) is 3.31. The van der Waals surface area contributed by atoms with Crippen LogP contribution in [0.2, 0.25) is 0 Å². The van der Waals surface area contributed by atoms with Crippen molar-refractivity contribution in [2.75, 3.05) is 26.4 Å². The molecule has 0 spiro atoms. The van der Waals surface area contributed by atoms with Crippen molar-refractivity contribution in [1.82, 2.24) is 9.88 Å². The Hall–Kier alpha value is -1.52. The molecule has 3 nitrogen and oxygen atoms in total. The van der Waals surface area contributed by atoms with E-state index in [9.17, 15) is 0 Å². The number of pyridine rings is 1. The maximum Gasteiger partial charge on any atom is 0.223 e. The monoisotopic (exact) mass is 286 g/mol. The predicted molar refractivity (Wildman–Crippen MR) is 83.6 cm³/mol. The summed E-state index contributed by atoms with van der Waals surface area (Å²) in [7, 11) is 4.21. The molecular formula is C16H18N2OS. The zero-order valence-electron chi connectivity index (χ0n) is 11.7. The maximum atomic E-state index is 5.90. The molecule has 4 heteroatoms. The Kier molecular flexibility index (Phi) is 3.94. The molecule has 2 heterocycles. The van der Waals surface area contributed by atoms with Gasteiger partial charge in [0.05, 0.1) is 5.25 Å². The summed E-state index contributed by atoms with van der Waals surface area (Å²) in [4.78, 5) is 6.58. The van der Waals surface area contributed by atoms with Crippen LogP contribution >= 0.6 is 11.8 Å². The van der Waals surface area contributed by atoms with Crippen LogP contribution in [0.3, 0.4) is 0 Å². The van der Waals surface area contributed by atoms with Crippen molar-refractivity contribution >= 4 is 11.8 Å². The van der Waals surface area contributed by atoms with Crippen molar-refractivity contribution in [3.8, 4) is 11.6 Å². The molecule has 0 saturated heterocycles. The second kappa shape index (κ2) is 5.85. The average Bonchev–Trinajstić information content (AvgIpc) is 2.46. The summed E-state index contributed by atoms with van der Waals surface area (Å²) in [6.45, 7) is 1.07. The van der Waals surface area contributed by atoms with Crippen molar-refractivity contribution in [2.24, 2.45) is 0 Å². The number of para-hydroxylation sites is 1. The van der Waals surface area contributed by atoms with Crippen LogP contribution in [-0.2, 0) is 0 Å². The molecule has 0 amide bonds. The molecule has 1 atom stereocenters. The van der Waals surface area contributed by atoms with Gasteiger partial charge < -0.3 is 9.64 Å². The first-order chi connectivity index (χ1) is 9.75.